The third kappa shape index (κ3) is 3.36. The van der Waals surface area contributed by atoms with E-state index >= 15 is 0 Å². The number of likely N-dealkylation sites (tertiary alicyclic amines) is 1. The van der Waals surface area contributed by atoms with Gasteiger partial charge in [0, 0.05) is 25.1 Å². The van der Waals surface area contributed by atoms with Crippen LogP contribution < -0.4 is 0 Å². The Morgan fingerprint density at radius 2 is 2.11 bits per heavy atom. The van der Waals surface area contributed by atoms with E-state index in [2.05, 4.69) is 0 Å². The van der Waals surface area contributed by atoms with Crippen LogP contribution in [0.3, 0.4) is 0 Å². The Hall–Kier alpha value is -1.78. The van der Waals surface area contributed by atoms with Crippen LogP contribution in [0.1, 0.15) is 54.0 Å². The summed E-state index contributed by atoms with van der Waals surface area (Å²) >= 11 is 0. The molecule has 0 unspecified atom stereocenters. The molecule has 0 saturated carbocycles. The lowest BCUT2D eigenvalue weighted by Gasteiger charge is -2.24. The van der Waals surface area contributed by atoms with Gasteiger partial charge in [-0.3, -0.25) is 4.79 Å². The van der Waals surface area contributed by atoms with Gasteiger partial charge in [0.2, 0.25) is 11.7 Å². The maximum absolute atomic E-state index is 12.0. The molecule has 0 aliphatic carbocycles. The molecule has 1 aliphatic rings. The minimum atomic E-state index is -1.08. The van der Waals surface area contributed by atoms with Gasteiger partial charge in [0.25, 0.3) is 0 Å². The molecule has 104 valence electrons. The lowest BCUT2D eigenvalue weighted by atomic mass is 10.1. The first-order valence-corrected chi connectivity index (χ1v) is 6.68. The van der Waals surface area contributed by atoms with E-state index in [1.165, 1.54) is 6.07 Å². The maximum Gasteiger partial charge on any atom is 0.371 e. The highest BCUT2D eigenvalue weighted by Gasteiger charge is 2.19. The maximum atomic E-state index is 12.0. The van der Waals surface area contributed by atoms with Crippen LogP contribution >= 0.6 is 0 Å². The van der Waals surface area contributed by atoms with Crippen LogP contribution in [0.15, 0.2) is 10.5 Å². The number of furan rings is 1. The fraction of sp³-hybridized carbons (Fsp3) is 0.571. The van der Waals surface area contributed by atoms with Gasteiger partial charge in [0.1, 0.15) is 5.76 Å². The highest BCUT2D eigenvalue weighted by Crippen LogP contribution is 2.19. The van der Waals surface area contributed by atoms with Gasteiger partial charge in [-0.05, 0) is 25.8 Å². The Morgan fingerprint density at radius 3 is 2.79 bits per heavy atom. The molecule has 1 saturated heterocycles. The van der Waals surface area contributed by atoms with Crippen molar-refractivity contribution in [2.24, 2.45) is 0 Å². The van der Waals surface area contributed by atoms with Crippen molar-refractivity contribution in [2.45, 2.75) is 45.6 Å². The second kappa shape index (κ2) is 5.91. The topological polar surface area (TPSA) is 70.8 Å². The molecule has 2 rings (SSSR count). The highest BCUT2D eigenvalue weighted by molar-refractivity contribution is 5.84. The molecule has 0 bridgehead atoms. The summed E-state index contributed by atoms with van der Waals surface area (Å²) in [6.07, 6.45) is 4.80. The molecule has 1 amide bonds. The number of hydrogen-bond acceptors (Lipinski definition) is 3. The van der Waals surface area contributed by atoms with Crippen molar-refractivity contribution >= 4 is 11.9 Å². The summed E-state index contributed by atoms with van der Waals surface area (Å²) in [7, 11) is 0. The van der Waals surface area contributed by atoms with E-state index in [-0.39, 0.29) is 11.7 Å². The fourth-order valence-corrected chi connectivity index (χ4v) is 2.37. The average Bonchev–Trinajstić information content (AvgIpc) is 2.71. The van der Waals surface area contributed by atoms with Crippen LogP contribution in [-0.4, -0.2) is 28.4 Å². The Balaban J connectivity index is 2.09. The summed E-state index contributed by atoms with van der Waals surface area (Å²) < 4.78 is 5.17. The largest absolute Gasteiger partial charge is 0.475 e. The lowest BCUT2D eigenvalue weighted by Crippen LogP contribution is -2.32. The van der Waals surface area contributed by atoms with Gasteiger partial charge in [-0.2, -0.15) is 0 Å². The third-order valence-corrected chi connectivity index (χ3v) is 3.51. The quantitative estimate of drug-likeness (QED) is 0.911. The van der Waals surface area contributed by atoms with Crippen molar-refractivity contribution in [1.29, 1.82) is 0 Å². The van der Waals surface area contributed by atoms with Crippen molar-refractivity contribution < 1.29 is 19.1 Å². The summed E-state index contributed by atoms with van der Waals surface area (Å²) in [5.41, 5.74) is 0.784. The number of aryl methyl sites for hydroxylation is 1. The van der Waals surface area contributed by atoms with Gasteiger partial charge < -0.3 is 14.4 Å². The van der Waals surface area contributed by atoms with Crippen LogP contribution in [0, 0.1) is 6.92 Å². The van der Waals surface area contributed by atoms with Gasteiger partial charge in [0.15, 0.2) is 0 Å². The van der Waals surface area contributed by atoms with E-state index < -0.39 is 5.97 Å². The fourth-order valence-electron chi connectivity index (χ4n) is 2.37. The van der Waals surface area contributed by atoms with Crippen LogP contribution in [0.5, 0.6) is 0 Å². The second-order valence-corrected chi connectivity index (χ2v) is 4.98. The predicted molar refractivity (Wildman–Crippen MR) is 68.9 cm³/mol. The standard InChI is InChI=1S/C14H19NO4/c1-10-11(8-12(19-10)14(17)18)9-15-7-5-3-2-4-6-13(15)16/h8H,2-7,9H2,1H3,(H,17,18). The number of carboxylic acid groups (broad SMARTS) is 1. The van der Waals surface area contributed by atoms with Gasteiger partial charge >= 0.3 is 5.97 Å². The summed E-state index contributed by atoms with van der Waals surface area (Å²) in [6.45, 7) is 2.92. The molecular weight excluding hydrogens is 246 g/mol. The van der Waals surface area contributed by atoms with Crippen LogP contribution in [-0.2, 0) is 11.3 Å². The molecule has 0 atom stereocenters. The molecule has 1 aromatic rings. The van der Waals surface area contributed by atoms with E-state index in [0.717, 1.165) is 37.8 Å². The van der Waals surface area contributed by atoms with Crippen molar-refractivity contribution in [3.05, 3.63) is 23.2 Å². The first kappa shape index (κ1) is 13.6. The monoisotopic (exact) mass is 265 g/mol. The van der Waals surface area contributed by atoms with Gasteiger partial charge in [0.05, 0.1) is 0 Å². The minimum Gasteiger partial charge on any atom is -0.475 e. The average molecular weight is 265 g/mol. The van der Waals surface area contributed by atoms with Gasteiger partial charge in [-0.1, -0.05) is 12.8 Å². The Labute approximate surface area is 112 Å². The SMILES string of the molecule is Cc1oc(C(=O)O)cc1CN1CCCCCCC1=O. The number of amides is 1. The Bertz CT molecular complexity index is 478. The summed E-state index contributed by atoms with van der Waals surface area (Å²) in [6, 6.07) is 1.52. The van der Waals surface area contributed by atoms with Crippen molar-refractivity contribution in [3.8, 4) is 0 Å². The van der Waals surface area contributed by atoms with Crippen LogP contribution in [0.2, 0.25) is 0 Å². The number of nitrogens with zero attached hydrogens (tertiary/aromatic N) is 1. The van der Waals surface area contributed by atoms with E-state index in [1.807, 2.05) is 4.90 Å². The molecule has 0 spiro atoms. The van der Waals surface area contributed by atoms with Gasteiger partial charge in [-0.15, -0.1) is 0 Å². The van der Waals surface area contributed by atoms with Crippen molar-refractivity contribution in [2.75, 3.05) is 6.54 Å². The van der Waals surface area contributed by atoms with Crippen LogP contribution in [0.4, 0.5) is 0 Å². The molecule has 0 radical (unpaired) electrons. The zero-order valence-corrected chi connectivity index (χ0v) is 11.1. The number of hydrogen-bond donors (Lipinski definition) is 1. The summed E-state index contributed by atoms with van der Waals surface area (Å²) in [5, 5.41) is 8.89. The van der Waals surface area contributed by atoms with Crippen molar-refractivity contribution in [1.82, 2.24) is 4.90 Å². The van der Waals surface area contributed by atoms with Crippen LogP contribution in [0.25, 0.3) is 0 Å². The predicted octanol–water partition coefficient (Wildman–Crippen LogP) is 2.58. The minimum absolute atomic E-state index is 0.0630. The highest BCUT2D eigenvalue weighted by atomic mass is 16.4. The van der Waals surface area contributed by atoms with E-state index in [4.69, 9.17) is 9.52 Å². The lowest BCUT2D eigenvalue weighted by molar-refractivity contribution is -0.132. The van der Waals surface area contributed by atoms with E-state index in [9.17, 15) is 9.59 Å². The second-order valence-electron chi connectivity index (χ2n) is 4.98. The van der Waals surface area contributed by atoms with E-state index in [0.29, 0.717) is 18.7 Å². The Kier molecular flexibility index (Phi) is 4.24. The molecule has 5 heteroatoms. The first-order valence-electron chi connectivity index (χ1n) is 6.68. The normalized spacial score (nSPS) is 17.1. The number of carbonyl (C=O) groups is 2. The van der Waals surface area contributed by atoms with E-state index in [1.54, 1.807) is 6.92 Å². The molecule has 2 heterocycles. The number of aromatic carboxylic acids is 1. The molecule has 19 heavy (non-hydrogen) atoms. The zero-order chi connectivity index (χ0) is 13.8. The molecule has 1 aliphatic heterocycles. The molecule has 1 aromatic heterocycles. The summed E-state index contributed by atoms with van der Waals surface area (Å²) in [5.74, 6) is -0.412. The molecule has 1 N–H and O–H groups in total. The Morgan fingerprint density at radius 1 is 1.37 bits per heavy atom. The number of carboxylic acids is 1. The molecular formula is C14H19NO4. The van der Waals surface area contributed by atoms with Gasteiger partial charge in [-0.25, -0.2) is 4.79 Å². The summed E-state index contributed by atoms with van der Waals surface area (Å²) in [4.78, 5) is 24.7. The number of carbonyl (C=O) groups excluding carboxylic acids is 1. The van der Waals surface area contributed by atoms with Crippen molar-refractivity contribution in [3.63, 3.8) is 0 Å². The third-order valence-electron chi connectivity index (χ3n) is 3.51. The molecule has 5 nitrogen and oxygen atoms in total. The first-order chi connectivity index (χ1) is 9.08. The number of rotatable bonds is 3. The zero-order valence-electron chi connectivity index (χ0n) is 11.1. The molecule has 1 fully saturated rings. The molecule has 0 aromatic carbocycles. The smallest absolute Gasteiger partial charge is 0.371 e.